The lowest BCUT2D eigenvalue weighted by Gasteiger charge is -2.32. The predicted molar refractivity (Wildman–Crippen MR) is 78.2 cm³/mol. The fourth-order valence-corrected chi connectivity index (χ4v) is 3.25. The third kappa shape index (κ3) is 4.25. The minimum absolute atomic E-state index is 0.133. The summed E-state index contributed by atoms with van der Waals surface area (Å²) in [5.41, 5.74) is 0.433. The molecule has 1 atom stereocenters. The topological polar surface area (TPSA) is 82.4 Å². The Kier molecular flexibility index (Phi) is 5.31. The minimum Gasteiger partial charge on any atom is -0.374 e. The number of nitriles is 1. The summed E-state index contributed by atoms with van der Waals surface area (Å²) in [4.78, 5) is 2.38. The molecule has 1 aliphatic heterocycles. The highest BCUT2D eigenvalue weighted by Crippen LogP contribution is 2.11. The lowest BCUT2D eigenvalue weighted by atomic mass is 10.2. The van der Waals surface area contributed by atoms with Crippen LogP contribution in [0.3, 0.4) is 0 Å². The normalized spacial score (nSPS) is 20.1. The Balaban J connectivity index is 1.96. The van der Waals surface area contributed by atoms with Gasteiger partial charge >= 0.3 is 0 Å². The number of ether oxygens (including phenoxy) is 1. The van der Waals surface area contributed by atoms with Gasteiger partial charge < -0.3 is 4.74 Å². The summed E-state index contributed by atoms with van der Waals surface area (Å²) >= 11 is 0. The van der Waals surface area contributed by atoms with E-state index >= 15 is 0 Å². The van der Waals surface area contributed by atoms with Crippen molar-refractivity contribution in [3.63, 3.8) is 0 Å². The second kappa shape index (κ2) is 7.00. The number of hydrogen-bond acceptors (Lipinski definition) is 5. The summed E-state index contributed by atoms with van der Waals surface area (Å²) in [6, 6.07) is 7.80. The van der Waals surface area contributed by atoms with E-state index in [4.69, 9.17) is 10.00 Å². The van der Waals surface area contributed by atoms with E-state index in [0.29, 0.717) is 12.2 Å². The van der Waals surface area contributed by atoms with Gasteiger partial charge in [-0.25, -0.2) is 13.1 Å². The quantitative estimate of drug-likeness (QED) is 0.859. The SMILES string of the molecule is CCN1CCOC(CNS(=O)(=O)c2ccc(C#N)cc2)C1. The van der Waals surface area contributed by atoms with Crippen molar-refractivity contribution in [1.82, 2.24) is 9.62 Å². The molecule has 114 valence electrons. The Morgan fingerprint density at radius 1 is 1.43 bits per heavy atom. The molecule has 2 rings (SSSR count). The average molecular weight is 309 g/mol. The van der Waals surface area contributed by atoms with Gasteiger partial charge in [0.2, 0.25) is 10.0 Å². The summed E-state index contributed by atoms with van der Waals surface area (Å²) in [6.07, 6.45) is -0.133. The zero-order valence-corrected chi connectivity index (χ0v) is 12.8. The van der Waals surface area contributed by atoms with Crippen LogP contribution < -0.4 is 4.72 Å². The van der Waals surface area contributed by atoms with Crippen LogP contribution in [0, 0.1) is 11.3 Å². The minimum atomic E-state index is -3.57. The molecule has 1 aromatic carbocycles. The van der Waals surface area contributed by atoms with E-state index in [-0.39, 0.29) is 17.5 Å². The van der Waals surface area contributed by atoms with Gasteiger partial charge in [-0.05, 0) is 30.8 Å². The van der Waals surface area contributed by atoms with Crippen molar-refractivity contribution >= 4 is 10.0 Å². The molecule has 1 aromatic rings. The molecule has 1 aliphatic rings. The molecule has 0 radical (unpaired) electrons. The lowest BCUT2D eigenvalue weighted by molar-refractivity contribution is -0.0229. The van der Waals surface area contributed by atoms with Crippen LogP contribution in [0.5, 0.6) is 0 Å². The van der Waals surface area contributed by atoms with Crippen LogP contribution in [0.25, 0.3) is 0 Å². The number of nitrogens with zero attached hydrogens (tertiary/aromatic N) is 2. The van der Waals surface area contributed by atoms with Gasteiger partial charge in [0.25, 0.3) is 0 Å². The maximum atomic E-state index is 12.2. The lowest BCUT2D eigenvalue weighted by Crippen LogP contribution is -2.47. The summed E-state index contributed by atoms with van der Waals surface area (Å²) in [6.45, 7) is 5.49. The average Bonchev–Trinajstić information content (AvgIpc) is 2.53. The highest BCUT2D eigenvalue weighted by Gasteiger charge is 2.22. The Bertz CT molecular complexity index is 607. The van der Waals surface area contributed by atoms with Crippen molar-refractivity contribution in [2.45, 2.75) is 17.9 Å². The van der Waals surface area contributed by atoms with E-state index in [9.17, 15) is 8.42 Å². The van der Waals surface area contributed by atoms with E-state index in [2.05, 4.69) is 16.5 Å². The molecular formula is C14H19N3O3S. The Morgan fingerprint density at radius 2 is 2.14 bits per heavy atom. The van der Waals surface area contributed by atoms with E-state index in [1.165, 1.54) is 24.3 Å². The van der Waals surface area contributed by atoms with Crippen molar-refractivity contribution in [2.75, 3.05) is 32.8 Å². The van der Waals surface area contributed by atoms with Crippen LogP contribution in [-0.4, -0.2) is 52.2 Å². The van der Waals surface area contributed by atoms with Crippen molar-refractivity contribution < 1.29 is 13.2 Å². The van der Waals surface area contributed by atoms with E-state index in [1.807, 2.05) is 6.07 Å². The van der Waals surface area contributed by atoms with Crippen LogP contribution in [0.4, 0.5) is 0 Å². The summed E-state index contributed by atoms with van der Waals surface area (Å²) < 4.78 is 32.5. The Morgan fingerprint density at radius 3 is 2.76 bits per heavy atom. The van der Waals surface area contributed by atoms with Gasteiger partial charge in [-0.15, -0.1) is 0 Å². The second-order valence-electron chi connectivity index (χ2n) is 4.87. The van der Waals surface area contributed by atoms with Crippen LogP contribution >= 0.6 is 0 Å². The molecule has 0 amide bonds. The first-order valence-corrected chi connectivity index (χ1v) is 8.37. The van der Waals surface area contributed by atoms with Crippen LogP contribution in [-0.2, 0) is 14.8 Å². The van der Waals surface area contributed by atoms with Gasteiger partial charge in [0.05, 0.1) is 29.2 Å². The second-order valence-corrected chi connectivity index (χ2v) is 6.64. The Labute approximate surface area is 125 Å². The van der Waals surface area contributed by atoms with Crippen LogP contribution in [0.1, 0.15) is 12.5 Å². The molecule has 1 N–H and O–H groups in total. The van der Waals surface area contributed by atoms with E-state index in [1.54, 1.807) is 0 Å². The number of rotatable bonds is 5. The molecule has 7 heteroatoms. The van der Waals surface area contributed by atoms with Crippen LogP contribution in [0.2, 0.25) is 0 Å². The third-order valence-corrected chi connectivity index (χ3v) is 4.90. The Hall–Kier alpha value is -1.46. The molecule has 1 fully saturated rings. The van der Waals surface area contributed by atoms with Crippen molar-refractivity contribution in [2.24, 2.45) is 0 Å². The standard InChI is InChI=1S/C14H19N3O3S/c1-2-17-7-8-20-13(11-17)10-16-21(18,19)14-5-3-12(9-15)4-6-14/h3-6,13,16H,2,7-8,10-11H2,1H3. The molecule has 21 heavy (non-hydrogen) atoms. The largest absolute Gasteiger partial charge is 0.374 e. The van der Waals surface area contributed by atoms with Gasteiger partial charge in [0, 0.05) is 19.6 Å². The molecule has 0 aromatic heterocycles. The first-order valence-electron chi connectivity index (χ1n) is 6.89. The first-order chi connectivity index (χ1) is 10.0. The first kappa shape index (κ1) is 15.9. The number of nitrogens with one attached hydrogen (secondary N) is 1. The van der Waals surface area contributed by atoms with Gasteiger partial charge in [0.1, 0.15) is 0 Å². The molecule has 0 aliphatic carbocycles. The highest BCUT2D eigenvalue weighted by atomic mass is 32.2. The number of benzene rings is 1. The fraction of sp³-hybridized carbons (Fsp3) is 0.500. The van der Waals surface area contributed by atoms with E-state index in [0.717, 1.165) is 19.6 Å². The number of likely N-dealkylation sites (N-methyl/N-ethyl adjacent to an activating group) is 1. The van der Waals surface area contributed by atoms with Crippen LogP contribution in [0.15, 0.2) is 29.2 Å². The molecule has 1 saturated heterocycles. The molecule has 0 saturated carbocycles. The molecular weight excluding hydrogens is 290 g/mol. The highest BCUT2D eigenvalue weighted by molar-refractivity contribution is 7.89. The summed E-state index contributed by atoms with van der Waals surface area (Å²) in [5, 5.41) is 8.72. The van der Waals surface area contributed by atoms with Gasteiger partial charge in [-0.1, -0.05) is 6.92 Å². The molecule has 1 heterocycles. The van der Waals surface area contributed by atoms with Gasteiger partial charge in [-0.2, -0.15) is 5.26 Å². The zero-order chi connectivity index (χ0) is 15.3. The monoisotopic (exact) mass is 309 g/mol. The molecule has 0 bridgehead atoms. The number of sulfonamides is 1. The fourth-order valence-electron chi connectivity index (χ4n) is 2.19. The van der Waals surface area contributed by atoms with Gasteiger partial charge in [0.15, 0.2) is 0 Å². The van der Waals surface area contributed by atoms with Gasteiger partial charge in [-0.3, -0.25) is 4.90 Å². The molecule has 0 spiro atoms. The smallest absolute Gasteiger partial charge is 0.240 e. The summed E-state index contributed by atoms with van der Waals surface area (Å²) in [5.74, 6) is 0. The predicted octanol–water partition coefficient (Wildman–Crippen LogP) is 0.557. The molecule has 6 nitrogen and oxygen atoms in total. The zero-order valence-electron chi connectivity index (χ0n) is 11.9. The third-order valence-electron chi connectivity index (χ3n) is 3.46. The molecule has 1 unspecified atom stereocenters. The van der Waals surface area contributed by atoms with E-state index < -0.39 is 10.0 Å². The van der Waals surface area contributed by atoms with Crippen molar-refractivity contribution in [3.8, 4) is 6.07 Å². The maximum absolute atomic E-state index is 12.2. The maximum Gasteiger partial charge on any atom is 0.240 e. The number of hydrogen-bond donors (Lipinski definition) is 1. The van der Waals surface area contributed by atoms with Crippen molar-refractivity contribution in [3.05, 3.63) is 29.8 Å². The summed E-state index contributed by atoms with van der Waals surface area (Å²) in [7, 11) is -3.57. The number of morpholine rings is 1. The van der Waals surface area contributed by atoms with Crippen molar-refractivity contribution in [1.29, 1.82) is 5.26 Å².